The second-order valence-corrected chi connectivity index (χ2v) is 3.11. The normalized spacial score (nSPS) is 11.1. The first-order chi connectivity index (χ1) is 7.16. The summed E-state index contributed by atoms with van der Waals surface area (Å²) in [5.74, 6) is -0.215. The van der Waals surface area contributed by atoms with Crippen LogP contribution >= 0.6 is 0 Å². The average Bonchev–Trinajstić information content (AvgIpc) is 2.25. The Morgan fingerprint density at radius 1 is 1.50 bits per heavy atom. The minimum Gasteiger partial charge on any atom is -0.652 e. The first kappa shape index (κ1) is 15.2. The maximum Gasteiger partial charge on any atom is 0.272 e. The number of nitro groups is 1. The van der Waals surface area contributed by atoms with Gasteiger partial charge in [-0.25, -0.2) is 0 Å². The molecule has 1 rings (SSSR count). The van der Waals surface area contributed by atoms with Crippen molar-refractivity contribution in [1.82, 2.24) is 0 Å². The Hall–Kier alpha value is -0.806. The third-order valence-corrected chi connectivity index (χ3v) is 2.06. The Labute approximate surface area is 118 Å². The molecule has 0 N–H and O–H groups in total. The molecule has 5 nitrogen and oxygen atoms in total. The number of para-hydroxylation sites is 1. The van der Waals surface area contributed by atoms with Crippen LogP contribution in [0.15, 0.2) is 24.3 Å². The molecule has 0 aliphatic heterocycles. The van der Waals surface area contributed by atoms with Crippen molar-refractivity contribution in [2.75, 3.05) is 6.61 Å². The van der Waals surface area contributed by atoms with Crippen molar-refractivity contribution >= 4 is 12.2 Å². The minimum atomic E-state index is -0.448. The third-order valence-electron chi connectivity index (χ3n) is 2.06. The van der Waals surface area contributed by atoms with E-state index in [2.05, 4.69) is 4.74 Å². The van der Waals surface area contributed by atoms with Gasteiger partial charge in [0.1, 0.15) is 0 Å². The Kier molecular flexibility index (Phi) is 7.09. The number of benzene rings is 1. The van der Waals surface area contributed by atoms with Crippen LogP contribution in [0.3, 0.4) is 0 Å². The van der Waals surface area contributed by atoms with Gasteiger partial charge in [-0.05, 0) is 0 Å². The number of nitro benzene ring substituents is 1. The summed E-state index contributed by atoms with van der Waals surface area (Å²) < 4.78 is 4.46. The standard InChI is InChI=1S/C10H10NO4.Y/c1-8(6-15-7-12)9-4-2-3-5-10(9)11(13)14;/h2-5,8H,6H2,1H3;/q-1;. The number of ether oxygens (including phenoxy) is 1. The summed E-state index contributed by atoms with van der Waals surface area (Å²) in [5.41, 5.74) is 0.595. The average molecular weight is 297 g/mol. The van der Waals surface area contributed by atoms with E-state index in [1.165, 1.54) is 12.5 Å². The van der Waals surface area contributed by atoms with Crippen LogP contribution in [-0.4, -0.2) is 18.0 Å². The number of hydrogen-bond donors (Lipinski definition) is 0. The Balaban J connectivity index is 0.00000225. The summed E-state index contributed by atoms with van der Waals surface area (Å²) in [4.78, 5) is 20.1. The maximum absolute atomic E-state index is 10.7. The third kappa shape index (κ3) is 3.98. The van der Waals surface area contributed by atoms with E-state index in [0.29, 0.717) is 5.56 Å². The Bertz CT molecular complexity index is 370. The van der Waals surface area contributed by atoms with Gasteiger partial charge in [0.15, 0.2) is 0 Å². The summed E-state index contributed by atoms with van der Waals surface area (Å²) in [6, 6.07) is 6.39. The molecule has 1 aromatic carbocycles. The van der Waals surface area contributed by atoms with Crippen LogP contribution in [-0.2, 0) is 42.2 Å². The Morgan fingerprint density at radius 2 is 2.12 bits per heavy atom. The van der Waals surface area contributed by atoms with Gasteiger partial charge in [0.25, 0.3) is 5.69 Å². The molecule has 0 bridgehead atoms. The molecule has 1 unspecified atom stereocenters. The number of hydrogen-bond acceptors (Lipinski definition) is 4. The van der Waals surface area contributed by atoms with E-state index in [0.717, 1.165) is 0 Å². The summed E-state index contributed by atoms with van der Waals surface area (Å²) in [6.07, 6.45) is 0. The molecule has 6 heteroatoms. The fourth-order valence-electron chi connectivity index (χ4n) is 1.32. The van der Waals surface area contributed by atoms with Crippen LogP contribution in [0.5, 0.6) is 0 Å². The zero-order chi connectivity index (χ0) is 11.3. The molecular weight excluding hydrogens is 287 g/mol. The van der Waals surface area contributed by atoms with Gasteiger partial charge in [-0.1, -0.05) is 31.6 Å². The summed E-state index contributed by atoms with van der Waals surface area (Å²) in [5, 5.41) is 10.7. The van der Waals surface area contributed by atoms with Crippen LogP contribution in [0.25, 0.3) is 0 Å². The van der Waals surface area contributed by atoms with Crippen molar-refractivity contribution in [3.8, 4) is 0 Å². The molecular formula is C10H10NO4Y-. The quantitative estimate of drug-likeness (QED) is 0.472. The molecule has 1 aromatic rings. The van der Waals surface area contributed by atoms with E-state index in [-0.39, 0.29) is 50.9 Å². The predicted molar refractivity (Wildman–Crippen MR) is 53.2 cm³/mol. The van der Waals surface area contributed by atoms with Gasteiger partial charge in [-0.3, -0.25) is 10.1 Å². The van der Waals surface area contributed by atoms with E-state index < -0.39 is 4.92 Å². The fraction of sp³-hybridized carbons (Fsp3) is 0.300. The second-order valence-electron chi connectivity index (χ2n) is 3.11. The number of nitrogens with zero attached hydrogens (tertiary/aromatic N) is 1. The molecule has 83 valence electrons. The minimum absolute atomic E-state index is 0. The molecule has 1 atom stereocenters. The predicted octanol–water partition coefficient (Wildman–Crippen LogP) is 1.78. The van der Waals surface area contributed by atoms with E-state index in [9.17, 15) is 14.9 Å². The van der Waals surface area contributed by atoms with Crippen molar-refractivity contribution < 1.29 is 47.2 Å². The smallest absolute Gasteiger partial charge is 0.272 e. The van der Waals surface area contributed by atoms with Crippen molar-refractivity contribution in [3.05, 3.63) is 39.9 Å². The van der Waals surface area contributed by atoms with Crippen molar-refractivity contribution in [3.63, 3.8) is 0 Å². The van der Waals surface area contributed by atoms with E-state index in [1.54, 1.807) is 25.1 Å². The van der Waals surface area contributed by atoms with E-state index in [4.69, 9.17) is 0 Å². The Morgan fingerprint density at radius 3 is 2.69 bits per heavy atom. The molecule has 0 aromatic heterocycles. The molecule has 0 amide bonds. The molecule has 0 spiro atoms. The largest absolute Gasteiger partial charge is 0.652 e. The summed E-state index contributed by atoms with van der Waals surface area (Å²) >= 11 is 0. The van der Waals surface area contributed by atoms with E-state index >= 15 is 0 Å². The summed E-state index contributed by atoms with van der Waals surface area (Å²) in [6.45, 7) is 3.14. The van der Waals surface area contributed by atoms with Gasteiger partial charge in [0.2, 0.25) is 0 Å². The van der Waals surface area contributed by atoms with Crippen LogP contribution in [0.1, 0.15) is 18.4 Å². The van der Waals surface area contributed by atoms with Crippen LogP contribution in [0, 0.1) is 10.1 Å². The zero-order valence-electron chi connectivity index (χ0n) is 8.75. The SMILES string of the molecule is CC(CO[C-]=O)c1ccccc1[N+](=O)[O-].[Y]. The van der Waals surface area contributed by atoms with Gasteiger partial charge < -0.3 is 9.53 Å². The van der Waals surface area contributed by atoms with Crippen molar-refractivity contribution in [2.24, 2.45) is 0 Å². The van der Waals surface area contributed by atoms with Gasteiger partial charge >= 0.3 is 0 Å². The van der Waals surface area contributed by atoms with Crippen LogP contribution in [0.4, 0.5) is 5.69 Å². The summed E-state index contributed by atoms with van der Waals surface area (Å²) in [7, 11) is 0. The first-order valence-corrected chi connectivity index (χ1v) is 4.39. The molecule has 0 saturated carbocycles. The van der Waals surface area contributed by atoms with Gasteiger partial charge in [-0.15, -0.1) is 0 Å². The zero-order valence-corrected chi connectivity index (χ0v) is 11.6. The van der Waals surface area contributed by atoms with Crippen LogP contribution < -0.4 is 0 Å². The molecule has 0 aliphatic carbocycles. The molecule has 16 heavy (non-hydrogen) atoms. The second kappa shape index (κ2) is 7.46. The first-order valence-electron chi connectivity index (χ1n) is 4.39. The van der Waals surface area contributed by atoms with Crippen LogP contribution in [0.2, 0.25) is 0 Å². The van der Waals surface area contributed by atoms with Crippen molar-refractivity contribution in [2.45, 2.75) is 12.8 Å². The molecule has 0 saturated heterocycles. The molecule has 0 aliphatic rings. The van der Waals surface area contributed by atoms with E-state index in [1.807, 2.05) is 0 Å². The monoisotopic (exact) mass is 297 g/mol. The van der Waals surface area contributed by atoms with Gasteiger partial charge in [0, 0.05) is 50.3 Å². The van der Waals surface area contributed by atoms with Gasteiger partial charge in [-0.2, -0.15) is 0 Å². The van der Waals surface area contributed by atoms with Gasteiger partial charge in [0.05, 0.1) is 11.5 Å². The number of carbonyl (C=O) groups excluding carboxylic acids is 1. The number of rotatable bonds is 5. The molecule has 1 radical (unpaired) electrons. The topological polar surface area (TPSA) is 69.4 Å². The maximum atomic E-state index is 10.7. The fourth-order valence-corrected chi connectivity index (χ4v) is 1.32. The van der Waals surface area contributed by atoms with Crippen molar-refractivity contribution in [1.29, 1.82) is 0 Å². The molecule has 0 fully saturated rings. The molecule has 0 heterocycles.